The van der Waals surface area contributed by atoms with E-state index in [1.165, 1.54) is 6.20 Å². The molecule has 4 heteroatoms. The maximum Gasteiger partial charge on any atom is 0.145 e. The van der Waals surface area contributed by atoms with Crippen LogP contribution in [0.1, 0.15) is 13.8 Å². The lowest BCUT2D eigenvalue weighted by atomic mass is 10.2. The van der Waals surface area contributed by atoms with Gasteiger partial charge in [0, 0.05) is 18.0 Å². The Balaban J connectivity index is 2.69. The van der Waals surface area contributed by atoms with E-state index in [-0.39, 0.29) is 5.57 Å². The summed E-state index contributed by atoms with van der Waals surface area (Å²) in [5, 5.41) is 20.1. The van der Waals surface area contributed by atoms with Gasteiger partial charge in [-0.15, -0.1) is 0 Å². The standard InChI is InChI=1S/C14H15N3O/c1-11(2)10-18-14-5-3-4-13(6-14)17-9-12(7-15)8-16/h3-6,9,11,17H,10H2,1-2H3. The first-order chi connectivity index (χ1) is 8.65. The van der Waals surface area contributed by atoms with Gasteiger partial charge in [-0.3, -0.25) is 0 Å². The topological polar surface area (TPSA) is 68.8 Å². The largest absolute Gasteiger partial charge is 0.493 e. The molecule has 0 aliphatic heterocycles. The minimum Gasteiger partial charge on any atom is -0.493 e. The van der Waals surface area contributed by atoms with Crippen molar-refractivity contribution in [1.82, 2.24) is 0 Å². The molecule has 0 aliphatic carbocycles. The highest BCUT2D eigenvalue weighted by Gasteiger charge is 1.98. The van der Waals surface area contributed by atoms with Crippen LogP contribution < -0.4 is 10.1 Å². The molecule has 1 N–H and O–H groups in total. The van der Waals surface area contributed by atoms with Crippen LogP contribution in [0, 0.1) is 28.6 Å². The molecule has 0 atom stereocenters. The van der Waals surface area contributed by atoms with Gasteiger partial charge in [0.15, 0.2) is 0 Å². The third-order valence-corrected chi connectivity index (χ3v) is 2.04. The predicted molar refractivity (Wildman–Crippen MR) is 69.7 cm³/mol. The molecular weight excluding hydrogens is 226 g/mol. The Morgan fingerprint density at radius 2 is 2.11 bits per heavy atom. The van der Waals surface area contributed by atoms with Crippen LogP contribution in [0.2, 0.25) is 0 Å². The number of nitriles is 2. The summed E-state index contributed by atoms with van der Waals surface area (Å²) in [4.78, 5) is 0. The highest BCUT2D eigenvalue weighted by molar-refractivity contribution is 5.52. The Bertz CT molecular complexity index is 491. The molecule has 4 nitrogen and oxygen atoms in total. The number of hydrogen-bond acceptors (Lipinski definition) is 4. The number of anilines is 1. The van der Waals surface area contributed by atoms with E-state index in [0.29, 0.717) is 12.5 Å². The number of benzene rings is 1. The number of nitrogens with zero attached hydrogens (tertiary/aromatic N) is 2. The Morgan fingerprint density at radius 1 is 1.39 bits per heavy atom. The molecule has 0 amide bonds. The van der Waals surface area contributed by atoms with Crippen molar-refractivity contribution in [2.45, 2.75) is 13.8 Å². The Hall–Kier alpha value is -2.46. The normalized spacial score (nSPS) is 9.17. The quantitative estimate of drug-likeness (QED) is 0.804. The summed E-state index contributed by atoms with van der Waals surface area (Å²) in [5.41, 5.74) is 0.808. The van der Waals surface area contributed by atoms with Gasteiger partial charge in [-0.05, 0) is 18.1 Å². The number of rotatable bonds is 5. The van der Waals surface area contributed by atoms with Gasteiger partial charge < -0.3 is 10.1 Å². The monoisotopic (exact) mass is 241 g/mol. The molecule has 18 heavy (non-hydrogen) atoms. The average Bonchev–Trinajstić information content (AvgIpc) is 2.38. The SMILES string of the molecule is CC(C)COc1cccc(NC=C(C#N)C#N)c1. The summed E-state index contributed by atoms with van der Waals surface area (Å²) in [7, 11) is 0. The highest BCUT2D eigenvalue weighted by Crippen LogP contribution is 2.18. The van der Waals surface area contributed by atoms with Crippen LogP contribution in [-0.2, 0) is 0 Å². The van der Waals surface area contributed by atoms with Crippen molar-refractivity contribution in [2.24, 2.45) is 5.92 Å². The van der Waals surface area contributed by atoms with E-state index in [1.54, 1.807) is 12.1 Å². The number of nitrogens with one attached hydrogen (secondary N) is 1. The molecule has 1 aromatic rings. The zero-order valence-corrected chi connectivity index (χ0v) is 10.5. The van der Waals surface area contributed by atoms with E-state index in [2.05, 4.69) is 19.2 Å². The molecule has 0 fully saturated rings. The van der Waals surface area contributed by atoms with Crippen LogP contribution in [-0.4, -0.2) is 6.61 Å². The van der Waals surface area contributed by atoms with E-state index in [0.717, 1.165) is 11.4 Å². The van der Waals surface area contributed by atoms with Crippen molar-refractivity contribution in [1.29, 1.82) is 10.5 Å². The van der Waals surface area contributed by atoms with Gasteiger partial charge >= 0.3 is 0 Å². The van der Waals surface area contributed by atoms with Gasteiger partial charge in [-0.2, -0.15) is 10.5 Å². The van der Waals surface area contributed by atoms with Gasteiger partial charge in [0.2, 0.25) is 0 Å². The summed E-state index contributed by atoms with van der Waals surface area (Å²) in [6.45, 7) is 4.81. The van der Waals surface area contributed by atoms with Gasteiger partial charge in [-0.1, -0.05) is 19.9 Å². The van der Waals surface area contributed by atoms with Gasteiger partial charge in [0.05, 0.1) is 6.61 Å². The van der Waals surface area contributed by atoms with Crippen molar-refractivity contribution >= 4 is 5.69 Å². The molecule has 1 aromatic carbocycles. The molecule has 0 spiro atoms. The number of ether oxygens (including phenoxy) is 1. The molecule has 0 heterocycles. The van der Waals surface area contributed by atoms with Gasteiger partial charge in [-0.25, -0.2) is 0 Å². The second-order valence-corrected chi connectivity index (χ2v) is 4.16. The first-order valence-electron chi connectivity index (χ1n) is 5.65. The zero-order chi connectivity index (χ0) is 13.4. The first-order valence-corrected chi connectivity index (χ1v) is 5.65. The smallest absolute Gasteiger partial charge is 0.145 e. The lowest BCUT2D eigenvalue weighted by molar-refractivity contribution is 0.271. The van der Waals surface area contributed by atoms with Gasteiger partial charge in [0.25, 0.3) is 0 Å². The zero-order valence-electron chi connectivity index (χ0n) is 10.5. The van der Waals surface area contributed by atoms with Gasteiger partial charge in [0.1, 0.15) is 23.5 Å². The third-order valence-electron chi connectivity index (χ3n) is 2.04. The maximum atomic E-state index is 8.60. The fourth-order valence-electron chi connectivity index (χ4n) is 1.18. The Labute approximate surface area is 107 Å². The molecule has 0 radical (unpaired) electrons. The van der Waals surface area contributed by atoms with Crippen molar-refractivity contribution in [2.75, 3.05) is 11.9 Å². The summed E-state index contributed by atoms with van der Waals surface area (Å²) in [6, 6.07) is 10.9. The number of hydrogen-bond donors (Lipinski definition) is 1. The summed E-state index contributed by atoms with van der Waals surface area (Å²) < 4.78 is 5.58. The predicted octanol–water partition coefficient (Wildman–Crippen LogP) is 3.06. The van der Waals surface area contributed by atoms with E-state index in [4.69, 9.17) is 15.3 Å². The molecule has 0 saturated heterocycles. The lowest BCUT2D eigenvalue weighted by Crippen LogP contribution is -2.04. The minimum atomic E-state index is 0.0310. The van der Waals surface area contributed by atoms with E-state index in [9.17, 15) is 0 Å². The molecular formula is C14H15N3O. The number of allylic oxidation sites excluding steroid dienone is 1. The van der Waals surface area contributed by atoms with E-state index in [1.807, 2.05) is 24.3 Å². The Morgan fingerprint density at radius 3 is 2.72 bits per heavy atom. The molecule has 0 bridgehead atoms. The Kier molecular flexibility index (Phi) is 5.28. The highest BCUT2D eigenvalue weighted by atomic mass is 16.5. The van der Waals surface area contributed by atoms with Crippen LogP contribution in [0.5, 0.6) is 5.75 Å². The minimum absolute atomic E-state index is 0.0310. The second-order valence-electron chi connectivity index (χ2n) is 4.16. The van der Waals surface area contributed by atoms with Crippen molar-refractivity contribution in [3.05, 3.63) is 36.0 Å². The van der Waals surface area contributed by atoms with Crippen LogP contribution in [0.3, 0.4) is 0 Å². The lowest BCUT2D eigenvalue weighted by Gasteiger charge is -2.09. The van der Waals surface area contributed by atoms with Crippen molar-refractivity contribution in [3.8, 4) is 17.9 Å². The maximum absolute atomic E-state index is 8.60. The van der Waals surface area contributed by atoms with Crippen molar-refractivity contribution < 1.29 is 4.74 Å². The molecule has 92 valence electrons. The van der Waals surface area contributed by atoms with E-state index < -0.39 is 0 Å². The first kappa shape index (κ1) is 13.6. The average molecular weight is 241 g/mol. The molecule has 0 unspecified atom stereocenters. The molecule has 1 rings (SSSR count). The summed E-state index contributed by atoms with van der Waals surface area (Å²) >= 11 is 0. The third kappa shape index (κ3) is 4.59. The van der Waals surface area contributed by atoms with Crippen LogP contribution >= 0.6 is 0 Å². The fraction of sp³-hybridized carbons (Fsp3) is 0.286. The molecule has 0 aromatic heterocycles. The van der Waals surface area contributed by atoms with Crippen LogP contribution in [0.15, 0.2) is 36.0 Å². The molecule has 0 saturated carbocycles. The summed E-state index contributed by atoms with van der Waals surface area (Å²) in [6.07, 6.45) is 1.38. The summed E-state index contributed by atoms with van der Waals surface area (Å²) in [5.74, 6) is 1.22. The fourth-order valence-corrected chi connectivity index (χ4v) is 1.18. The van der Waals surface area contributed by atoms with Crippen LogP contribution in [0.25, 0.3) is 0 Å². The van der Waals surface area contributed by atoms with Crippen LogP contribution in [0.4, 0.5) is 5.69 Å². The van der Waals surface area contributed by atoms with E-state index >= 15 is 0 Å². The second kappa shape index (κ2) is 6.98. The molecule has 0 aliphatic rings. The van der Waals surface area contributed by atoms with Crippen molar-refractivity contribution in [3.63, 3.8) is 0 Å².